The highest BCUT2D eigenvalue weighted by Crippen LogP contribution is 2.48. The van der Waals surface area contributed by atoms with Gasteiger partial charge in [0.2, 0.25) is 0 Å². The lowest BCUT2D eigenvalue weighted by Gasteiger charge is -2.33. The van der Waals surface area contributed by atoms with Gasteiger partial charge in [-0.3, -0.25) is 9.59 Å². The van der Waals surface area contributed by atoms with E-state index in [9.17, 15) is 22.8 Å². The summed E-state index contributed by atoms with van der Waals surface area (Å²) in [6.07, 6.45) is -2.68. The zero-order valence-electron chi connectivity index (χ0n) is 15.3. The Hall–Kier alpha value is -3.15. The van der Waals surface area contributed by atoms with Crippen molar-refractivity contribution in [1.29, 1.82) is 0 Å². The highest BCUT2D eigenvalue weighted by atomic mass is 19.4. The maximum atomic E-state index is 13.2. The lowest BCUT2D eigenvalue weighted by molar-refractivity contribution is -0.137. The third kappa shape index (κ3) is 2.66. The first-order chi connectivity index (χ1) is 13.9. The number of allylic oxidation sites excluding steroid dienone is 3. The van der Waals surface area contributed by atoms with Crippen LogP contribution in [0.15, 0.2) is 65.4 Å². The number of fused-ring (bicyclic) bond motifs is 2. The summed E-state index contributed by atoms with van der Waals surface area (Å²) >= 11 is 0. The van der Waals surface area contributed by atoms with Gasteiger partial charge in [0, 0.05) is 40.3 Å². The summed E-state index contributed by atoms with van der Waals surface area (Å²) in [4.78, 5) is 26.0. The van der Waals surface area contributed by atoms with E-state index in [1.165, 1.54) is 12.1 Å². The maximum Gasteiger partial charge on any atom is 0.416 e. The molecule has 1 aliphatic heterocycles. The molecule has 3 aliphatic rings. The summed E-state index contributed by atoms with van der Waals surface area (Å²) < 4.78 is 39.0. The van der Waals surface area contributed by atoms with Crippen molar-refractivity contribution in [2.75, 3.05) is 0 Å². The molecule has 1 unspecified atom stereocenters. The van der Waals surface area contributed by atoms with Crippen LogP contribution in [-0.4, -0.2) is 11.6 Å². The smallest absolute Gasteiger partial charge is 0.358 e. The van der Waals surface area contributed by atoms with Crippen LogP contribution in [0.25, 0.3) is 5.70 Å². The first-order valence-corrected chi connectivity index (χ1v) is 9.45. The van der Waals surface area contributed by atoms with Gasteiger partial charge in [-0.2, -0.15) is 13.2 Å². The van der Waals surface area contributed by atoms with Crippen LogP contribution in [0.5, 0.6) is 0 Å². The third-order valence-corrected chi connectivity index (χ3v) is 5.84. The van der Waals surface area contributed by atoms with Crippen molar-refractivity contribution >= 4 is 17.3 Å². The van der Waals surface area contributed by atoms with Gasteiger partial charge < -0.3 is 5.32 Å². The minimum absolute atomic E-state index is 0.0565. The molecule has 0 spiro atoms. The van der Waals surface area contributed by atoms with E-state index in [1.54, 1.807) is 12.1 Å². The Morgan fingerprint density at radius 1 is 0.862 bits per heavy atom. The van der Waals surface area contributed by atoms with Gasteiger partial charge >= 0.3 is 6.18 Å². The van der Waals surface area contributed by atoms with Gasteiger partial charge in [0.15, 0.2) is 11.6 Å². The molecule has 1 atom stereocenters. The van der Waals surface area contributed by atoms with Crippen LogP contribution in [0, 0.1) is 0 Å². The Morgan fingerprint density at radius 2 is 1.55 bits per heavy atom. The fraction of sp³-hybridized carbons (Fsp3) is 0.217. The average molecular weight is 395 g/mol. The van der Waals surface area contributed by atoms with E-state index in [2.05, 4.69) is 5.32 Å². The SMILES string of the molecule is O=C1CCCC2=C1C(c1ccc(C(F)(F)F)cc1)C1=C(N2)c2ccccc2C1=O. The van der Waals surface area contributed by atoms with Crippen LogP contribution in [0.1, 0.15) is 52.2 Å². The zero-order valence-corrected chi connectivity index (χ0v) is 15.3. The van der Waals surface area contributed by atoms with Gasteiger partial charge in [0.25, 0.3) is 0 Å². The van der Waals surface area contributed by atoms with E-state index in [1.807, 2.05) is 12.1 Å². The van der Waals surface area contributed by atoms with Crippen molar-refractivity contribution in [3.05, 3.63) is 87.6 Å². The number of benzene rings is 2. The molecule has 0 aromatic heterocycles. The summed E-state index contributed by atoms with van der Waals surface area (Å²) in [5, 5.41) is 3.31. The Balaban J connectivity index is 1.70. The molecule has 2 aromatic rings. The Labute approximate surface area is 164 Å². The Morgan fingerprint density at radius 3 is 2.24 bits per heavy atom. The molecule has 0 bridgehead atoms. The number of carbonyl (C=O) groups excluding carboxylic acids is 2. The Kier molecular flexibility index (Phi) is 3.81. The van der Waals surface area contributed by atoms with E-state index < -0.39 is 17.7 Å². The first kappa shape index (κ1) is 17.9. The molecule has 6 heteroatoms. The molecule has 1 N–H and O–H groups in total. The lowest BCUT2D eigenvalue weighted by atomic mass is 9.75. The number of ketones is 2. The van der Waals surface area contributed by atoms with Crippen molar-refractivity contribution < 1.29 is 22.8 Å². The van der Waals surface area contributed by atoms with E-state index in [0.717, 1.165) is 23.4 Å². The number of Topliss-reactive ketones (excluding diaryl/α,β-unsaturated/α-hetero) is 2. The number of halogens is 3. The largest absolute Gasteiger partial charge is 0.416 e. The van der Waals surface area contributed by atoms with E-state index >= 15 is 0 Å². The van der Waals surface area contributed by atoms with Crippen molar-refractivity contribution in [2.24, 2.45) is 0 Å². The van der Waals surface area contributed by atoms with E-state index in [0.29, 0.717) is 47.2 Å². The van der Waals surface area contributed by atoms with Crippen molar-refractivity contribution in [3.8, 4) is 0 Å². The normalized spacial score (nSPS) is 21.0. The summed E-state index contributed by atoms with van der Waals surface area (Å²) in [6, 6.07) is 12.0. The number of hydrogen-bond acceptors (Lipinski definition) is 3. The summed E-state index contributed by atoms with van der Waals surface area (Å²) in [5.41, 5.74) is 3.49. The fourth-order valence-electron chi connectivity index (χ4n) is 4.53. The number of alkyl halides is 3. The molecular weight excluding hydrogens is 379 g/mol. The molecule has 2 aliphatic carbocycles. The van der Waals surface area contributed by atoms with Gasteiger partial charge in [0.05, 0.1) is 11.3 Å². The second kappa shape index (κ2) is 6.17. The number of hydrogen-bond donors (Lipinski definition) is 1. The van der Waals surface area contributed by atoms with Crippen LogP contribution in [0.4, 0.5) is 13.2 Å². The highest BCUT2D eigenvalue weighted by molar-refractivity contribution is 6.23. The quantitative estimate of drug-likeness (QED) is 0.739. The van der Waals surface area contributed by atoms with Gasteiger partial charge in [-0.25, -0.2) is 0 Å². The fourth-order valence-corrected chi connectivity index (χ4v) is 4.53. The molecule has 5 rings (SSSR count). The molecular formula is C23H16F3NO2. The van der Waals surface area contributed by atoms with Gasteiger partial charge in [-0.05, 0) is 30.5 Å². The molecule has 29 heavy (non-hydrogen) atoms. The molecule has 146 valence electrons. The minimum Gasteiger partial charge on any atom is -0.358 e. The topological polar surface area (TPSA) is 46.2 Å². The molecule has 0 amide bonds. The van der Waals surface area contributed by atoms with Crippen LogP contribution in [-0.2, 0) is 11.0 Å². The molecule has 0 saturated heterocycles. The van der Waals surface area contributed by atoms with Crippen molar-refractivity contribution in [1.82, 2.24) is 5.32 Å². The molecule has 0 radical (unpaired) electrons. The van der Waals surface area contributed by atoms with E-state index in [4.69, 9.17) is 0 Å². The highest BCUT2D eigenvalue weighted by Gasteiger charge is 2.43. The van der Waals surface area contributed by atoms with Gasteiger partial charge in [-0.1, -0.05) is 36.4 Å². The van der Waals surface area contributed by atoms with Crippen LogP contribution < -0.4 is 5.32 Å². The molecule has 1 heterocycles. The summed E-state index contributed by atoms with van der Waals surface area (Å²) in [6.45, 7) is 0. The second-order valence-electron chi connectivity index (χ2n) is 7.51. The lowest BCUT2D eigenvalue weighted by Crippen LogP contribution is -2.31. The summed E-state index contributed by atoms with van der Waals surface area (Å²) in [5.74, 6) is -0.895. The predicted octanol–water partition coefficient (Wildman–Crippen LogP) is 5.01. The standard InChI is InChI=1S/C23H16F3NO2/c24-23(25,26)13-10-8-12(9-11-13)18-19-16(6-3-7-17(19)28)27-21-14-4-1-2-5-15(14)22(29)20(18)21/h1-2,4-5,8-11,18,27H,3,6-7H2. The maximum absolute atomic E-state index is 13.2. The number of rotatable bonds is 1. The van der Waals surface area contributed by atoms with Crippen molar-refractivity contribution in [3.63, 3.8) is 0 Å². The van der Waals surface area contributed by atoms with Crippen LogP contribution >= 0.6 is 0 Å². The second-order valence-corrected chi connectivity index (χ2v) is 7.51. The molecule has 3 nitrogen and oxygen atoms in total. The zero-order chi connectivity index (χ0) is 20.3. The first-order valence-electron chi connectivity index (χ1n) is 9.45. The number of dihydropyridines is 1. The monoisotopic (exact) mass is 395 g/mol. The predicted molar refractivity (Wildman–Crippen MR) is 101 cm³/mol. The molecule has 2 aromatic carbocycles. The van der Waals surface area contributed by atoms with Crippen LogP contribution in [0.2, 0.25) is 0 Å². The molecule has 0 saturated carbocycles. The summed E-state index contributed by atoms with van der Waals surface area (Å²) in [7, 11) is 0. The van der Waals surface area contributed by atoms with Gasteiger partial charge in [0.1, 0.15) is 0 Å². The van der Waals surface area contributed by atoms with Crippen molar-refractivity contribution in [2.45, 2.75) is 31.4 Å². The average Bonchev–Trinajstić information content (AvgIpc) is 2.99. The van der Waals surface area contributed by atoms with Gasteiger partial charge in [-0.15, -0.1) is 0 Å². The van der Waals surface area contributed by atoms with E-state index in [-0.39, 0.29) is 11.6 Å². The number of carbonyl (C=O) groups is 2. The number of nitrogens with one attached hydrogen (secondary N) is 1. The Bertz CT molecular complexity index is 1120. The molecule has 0 fully saturated rings. The van der Waals surface area contributed by atoms with Crippen LogP contribution in [0.3, 0.4) is 0 Å². The third-order valence-electron chi connectivity index (χ3n) is 5.84. The minimum atomic E-state index is -4.44.